The van der Waals surface area contributed by atoms with E-state index in [9.17, 15) is 9.59 Å². The van der Waals surface area contributed by atoms with Gasteiger partial charge in [-0.2, -0.15) is 0 Å². The molecule has 6 nitrogen and oxygen atoms in total. The van der Waals surface area contributed by atoms with Crippen LogP contribution in [0.2, 0.25) is 0 Å². The number of thiophene rings is 1. The first-order valence-corrected chi connectivity index (χ1v) is 12.5. The summed E-state index contributed by atoms with van der Waals surface area (Å²) in [6.07, 6.45) is 3.05. The Morgan fingerprint density at radius 3 is 2.53 bits per heavy atom. The Morgan fingerprint density at radius 2 is 1.76 bits per heavy atom. The molecule has 7 heteroatoms. The molecule has 0 unspecified atom stereocenters. The van der Waals surface area contributed by atoms with Gasteiger partial charge in [-0.05, 0) is 55.1 Å². The largest absolute Gasteiger partial charge is 0.347 e. The molecule has 0 bridgehead atoms. The van der Waals surface area contributed by atoms with E-state index in [1.165, 1.54) is 29.7 Å². The molecule has 0 spiro atoms. The number of amides is 1. The van der Waals surface area contributed by atoms with Crippen molar-refractivity contribution in [1.82, 2.24) is 20.2 Å². The first-order chi connectivity index (χ1) is 16.6. The summed E-state index contributed by atoms with van der Waals surface area (Å²) >= 11 is 1.29. The number of H-pyrrole nitrogens is 1. The van der Waals surface area contributed by atoms with Crippen molar-refractivity contribution in [3.8, 4) is 0 Å². The van der Waals surface area contributed by atoms with E-state index in [0.29, 0.717) is 39.4 Å². The number of aromatic nitrogens is 2. The van der Waals surface area contributed by atoms with Gasteiger partial charge in [0.15, 0.2) is 0 Å². The van der Waals surface area contributed by atoms with Crippen LogP contribution in [0.15, 0.2) is 59.4 Å². The number of hydrogen-bond donors (Lipinski definition) is 2. The Hall–Kier alpha value is -3.29. The second kappa shape index (κ2) is 9.91. The second-order valence-electron chi connectivity index (χ2n) is 8.85. The lowest BCUT2D eigenvalue weighted by molar-refractivity contribution is 0.0954. The van der Waals surface area contributed by atoms with Crippen LogP contribution in [-0.2, 0) is 19.5 Å². The van der Waals surface area contributed by atoms with Gasteiger partial charge in [-0.1, -0.05) is 54.6 Å². The topological polar surface area (TPSA) is 78.1 Å². The van der Waals surface area contributed by atoms with Crippen molar-refractivity contribution in [2.75, 3.05) is 13.1 Å². The number of carbonyl (C=O) groups is 1. The molecule has 0 saturated carbocycles. The van der Waals surface area contributed by atoms with Crippen molar-refractivity contribution < 1.29 is 4.79 Å². The Labute approximate surface area is 202 Å². The highest BCUT2D eigenvalue weighted by Crippen LogP contribution is 2.27. The number of aromatic amines is 1. The standard InChI is InChI=1S/C27H28N4O2S/c1-18-23-25(32)29-22(15-19-9-3-2-4-10-19)30-27(23)34-24(18)26(33)28-16-20-11-5-6-12-21(20)17-31-13-7-8-14-31/h2-6,9-12H,7-8,13-17H2,1H3,(H,28,33)(H,29,30,32). The van der Waals surface area contributed by atoms with Gasteiger partial charge in [-0.25, -0.2) is 4.98 Å². The van der Waals surface area contributed by atoms with Crippen LogP contribution in [0.3, 0.4) is 0 Å². The summed E-state index contributed by atoms with van der Waals surface area (Å²) in [5.41, 5.74) is 3.94. The van der Waals surface area contributed by atoms with Gasteiger partial charge >= 0.3 is 0 Å². The van der Waals surface area contributed by atoms with E-state index < -0.39 is 0 Å². The highest BCUT2D eigenvalue weighted by Gasteiger charge is 2.20. The third kappa shape index (κ3) is 4.81. The maximum Gasteiger partial charge on any atom is 0.261 e. The minimum atomic E-state index is -0.195. The highest BCUT2D eigenvalue weighted by molar-refractivity contribution is 7.20. The first-order valence-electron chi connectivity index (χ1n) is 11.7. The molecule has 174 valence electrons. The van der Waals surface area contributed by atoms with Gasteiger partial charge in [0.2, 0.25) is 0 Å². The lowest BCUT2D eigenvalue weighted by Gasteiger charge is -2.17. The van der Waals surface area contributed by atoms with Crippen LogP contribution in [0.5, 0.6) is 0 Å². The number of nitrogens with one attached hydrogen (secondary N) is 2. The van der Waals surface area contributed by atoms with E-state index in [0.717, 1.165) is 30.8 Å². The number of aryl methyl sites for hydroxylation is 1. The normalized spacial score (nSPS) is 14.0. The number of nitrogens with zero attached hydrogens (tertiary/aromatic N) is 2. The second-order valence-corrected chi connectivity index (χ2v) is 9.85. The van der Waals surface area contributed by atoms with Crippen molar-refractivity contribution in [3.05, 3.63) is 97.9 Å². The first kappa shape index (κ1) is 22.5. The Kier molecular flexibility index (Phi) is 6.56. The Morgan fingerprint density at radius 1 is 1.06 bits per heavy atom. The highest BCUT2D eigenvalue weighted by atomic mass is 32.1. The fourth-order valence-electron chi connectivity index (χ4n) is 4.60. The minimum absolute atomic E-state index is 0.166. The van der Waals surface area contributed by atoms with Crippen LogP contribution >= 0.6 is 11.3 Å². The number of fused-ring (bicyclic) bond motifs is 1. The van der Waals surface area contributed by atoms with Crippen LogP contribution in [-0.4, -0.2) is 33.9 Å². The summed E-state index contributed by atoms with van der Waals surface area (Å²) in [5, 5.41) is 3.57. The summed E-state index contributed by atoms with van der Waals surface area (Å²) in [6, 6.07) is 18.2. The quantitative estimate of drug-likeness (QED) is 0.418. The lowest BCUT2D eigenvalue weighted by atomic mass is 10.1. The number of likely N-dealkylation sites (tertiary alicyclic amines) is 1. The minimum Gasteiger partial charge on any atom is -0.347 e. The molecule has 4 aromatic rings. The number of carbonyl (C=O) groups excluding carboxylic acids is 1. The number of rotatable bonds is 7. The van der Waals surface area contributed by atoms with Gasteiger partial charge in [-0.3, -0.25) is 14.5 Å². The molecule has 3 heterocycles. The molecule has 0 atom stereocenters. The summed E-state index contributed by atoms with van der Waals surface area (Å²) in [4.78, 5) is 37.1. The Balaban J connectivity index is 1.34. The number of hydrogen-bond acceptors (Lipinski definition) is 5. The summed E-state index contributed by atoms with van der Waals surface area (Å²) < 4.78 is 0. The van der Waals surface area contributed by atoms with E-state index in [1.807, 2.05) is 43.3 Å². The lowest BCUT2D eigenvalue weighted by Crippen LogP contribution is -2.25. The van der Waals surface area contributed by atoms with E-state index in [4.69, 9.17) is 0 Å². The summed E-state index contributed by atoms with van der Waals surface area (Å²) in [6.45, 7) is 5.46. The van der Waals surface area contributed by atoms with Gasteiger partial charge in [-0.15, -0.1) is 11.3 Å². The maximum absolute atomic E-state index is 13.1. The zero-order valence-corrected chi connectivity index (χ0v) is 20.1. The molecule has 1 amide bonds. The van der Waals surface area contributed by atoms with Gasteiger partial charge < -0.3 is 10.3 Å². The predicted octanol–water partition coefficient (Wildman–Crippen LogP) is 4.41. The van der Waals surface area contributed by atoms with Crippen molar-refractivity contribution in [1.29, 1.82) is 0 Å². The molecule has 1 aliphatic rings. The Bertz CT molecular complexity index is 1370. The van der Waals surface area contributed by atoms with Gasteiger partial charge in [0.1, 0.15) is 10.7 Å². The van der Waals surface area contributed by atoms with Gasteiger partial charge in [0.05, 0.1) is 10.3 Å². The van der Waals surface area contributed by atoms with Crippen LogP contribution in [0.25, 0.3) is 10.2 Å². The molecule has 0 radical (unpaired) electrons. The molecule has 1 fully saturated rings. The molecule has 1 saturated heterocycles. The monoisotopic (exact) mass is 472 g/mol. The van der Waals surface area contributed by atoms with E-state index in [2.05, 4.69) is 38.4 Å². The zero-order chi connectivity index (χ0) is 23.5. The summed E-state index contributed by atoms with van der Waals surface area (Å²) in [7, 11) is 0. The van der Waals surface area contributed by atoms with Gasteiger partial charge in [0.25, 0.3) is 11.5 Å². The van der Waals surface area contributed by atoms with Crippen molar-refractivity contribution in [2.24, 2.45) is 0 Å². The fourth-order valence-corrected chi connectivity index (χ4v) is 5.72. The average molecular weight is 473 g/mol. The molecule has 5 rings (SSSR count). The molecule has 2 aromatic heterocycles. The zero-order valence-electron chi connectivity index (χ0n) is 19.3. The van der Waals surface area contributed by atoms with Crippen LogP contribution in [0.4, 0.5) is 0 Å². The predicted molar refractivity (Wildman–Crippen MR) is 136 cm³/mol. The third-order valence-electron chi connectivity index (χ3n) is 6.42. The molecule has 2 N–H and O–H groups in total. The van der Waals surface area contributed by atoms with E-state index >= 15 is 0 Å². The average Bonchev–Trinajstić information content (AvgIpc) is 3.47. The summed E-state index contributed by atoms with van der Waals surface area (Å²) in [5.74, 6) is 0.438. The molecular weight excluding hydrogens is 444 g/mol. The smallest absolute Gasteiger partial charge is 0.261 e. The molecule has 0 aliphatic carbocycles. The molecule has 1 aliphatic heterocycles. The third-order valence-corrected chi connectivity index (χ3v) is 7.61. The van der Waals surface area contributed by atoms with Crippen molar-refractivity contribution in [2.45, 2.75) is 39.3 Å². The fraction of sp³-hybridized carbons (Fsp3) is 0.296. The van der Waals surface area contributed by atoms with E-state index in [1.54, 1.807) is 0 Å². The SMILES string of the molecule is Cc1c(C(=O)NCc2ccccc2CN2CCCC2)sc2nc(Cc3ccccc3)[nH]c(=O)c12. The van der Waals surface area contributed by atoms with E-state index in [-0.39, 0.29) is 11.5 Å². The molecular formula is C27H28N4O2S. The molecule has 34 heavy (non-hydrogen) atoms. The number of benzene rings is 2. The van der Waals surface area contributed by atoms with Crippen molar-refractivity contribution >= 4 is 27.5 Å². The van der Waals surface area contributed by atoms with Crippen molar-refractivity contribution in [3.63, 3.8) is 0 Å². The van der Waals surface area contributed by atoms with Gasteiger partial charge in [0, 0.05) is 19.5 Å². The van der Waals surface area contributed by atoms with Crippen LogP contribution in [0.1, 0.15) is 50.6 Å². The van der Waals surface area contributed by atoms with Crippen LogP contribution < -0.4 is 10.9 Å². The van der Waals surface area contributed by atoms with Crippen LogP contribution in [0, 0.1) is 6.92 Å². The maximum atomic E-state index is 13.1. The molecule has 2 aromatic carbocycles.